The SMILES string of the molecule is CCNc1cccnc1N1CCN(CC(=O)[C@H]2CCC3C(CCc4cc(O)ccc4C)CC(=O)CC32C)CC1. The van der Waals surface area contributed by atoms with E-state index in [0.29, 0.717) is 48.5 Å². The van der Waals surface area contributed by atoms with Crippen molar-refractivity contribution in [3.05, 3.63) is 47.7 Å². The Hall–Kier alpha value is -2.93. The average Bonchev–Trinajstić information content (AvgIpc) is 3.26. The number of rotatable bonds is 9. The molecule has 7 heteroatoms. The molecule has 0 radical (unpaired) electrons. The van der Waals surface area contributed by atoms with E-state index in [1.54, 1.807) is 6.07 Å². The molecule has 210 valence electrons. The van der Waals surface area contributed by atoms with Crippen LogP contribution in [0.1, 0.15) is 57.1 Å². The van der Waals surface area contributed by atoms with Crippen LogP contribution in [0.4, 0.5) is 11.5 Å². The Kier molecular flexibility index (Phi) is 8.27. The molecule has 4 atom stereocenters. The zero-order valence-electron chi connectivity index (χ0n) is 23.8. The first-order valence-corrected chi connectivity index (χ1v) is 14.8. The molecule has 2 aliphatic carbocycles. The van der Waals surface area contributed by atoms with Gasteiger partial charge < -0.3 is 15.3 Å². The fourth-order valence-electron chi connectivity index (χ4n) is 7.75. The number of phenolic OH excluding ortho intramolecular Hbond substituents is 1. The second kappa shape index (κ2) is 11.7. The van der Waals surface area contributed by atoms with Gasteiger partial charge in [-0.2, -0.15) is 0 Å². The minimum absolute atomic E-state index is 0.0362. The van der Waals surface area contributed by atoms with Crippen molar-refractivity contribution in [1.82, 2.24) is 9.88 Å². The fourth-order valence-corrected chi connectivity index (χ4v) is 7.75. The van der Waals surface area contributed by atoms with Gasteiger partial charge in [-0.05, 0) is 92.2 Å². The van der Waals surface area contributed by atoms with E-state index in [2.05, 4.69) is 46.9 Å². The Morgan fingerprint density at radius 3 is 2.74 bits per heavy atom. The highest BCUT2D eigenvalue weighted by Gasteiger charge is 2.55. The number of anilines is 2. The highest BCUT2D eigenvalue weighted by molar-refractivity contribution is 5.87. The molecule has 7 nitrogen and oxygen atoms in total. The number of aromatic hydroxyl groups is 1. The number of benzene rings is 1. The van der Waals surface area contributed by atoms with E-state index < -0.39 is 0 Å². The lowest BCUT2D eigenvalue weighted by Gasteiger charge is -2.44. The number of fused-ring (bicyclic) bond motifs is 1. The number of aryl methyl sites for hydroxylation is 2. The Balaban J connectivity index is 1.19. The van der Waals surface area contributed by atoms with E-state index >= 15 is 0 Å². The molecule has 2 N–H and O–H groups in total. The Labute approximate surface area is 233 Å². The molecule has 3 fully saturated rings. The zero-order valence-corrected chi connectivity index (χ0v) is 23.8. The molecule has 39 heavy (non-hydrogen) atoms. The minimum atomic E-state index is -0.235. The van der Waals surface area contributed by atoms with Crippen LogP contribution < -0.4 is 10.2 Å². The average molecular weight is 533 g/mol. The number of Topliss-reactive ketones (excluding diaryl/α,β-unsaturated/α-hetero) is 2. The van der Waals surface area contributed by atoms with Crippen molar-refractivity contribution in [3.63, 3.8) is 0 Å². The van der Waals surface area contributed by atoms with Gasteiger partial charge in [-0.15, -0.1) is 0 Å². The van der Waals surface area contributed by atoms with Gasteiger partial charge >= 0.3 is 0 Å². The van der Waals surface area contributed by atoms with Gasteiger partial charge in [0.05, 0.1) is 12.2 Å². The Morgan fingerprint density at radius 1 is 1.18 bits per heavy atom. The summed E-state index contributed by atoms with van der Waals surface area (Å²) in [5, 5.41) is 13.3. The van der Waals surface area contributed by atoms with Crippen LogP contribution in [0.25, 0.3) is 0 Å². The number of piperazine rings is 1. The second-order valence-electron chi connectivity index (χ2n) is 12.2. The molecule has 1 saturated heterocycles. The van der Waals surface area contributed by atoms with Gasteiger partial charge in [0.1, 0.15) is 17.3 Å². The standard InChI is InChI=1S/C32H44N4O3/c1-4-33-29-6-5-13-34-31(29)36-16-14-35(15-17-36)21-30(39)28-12-11-27-24(19-26(38)20-32(27,28)3)9-8-23-18-25(37)10-7-22(23)2/h5-7,10,13,18,24,27-28,33,37H,4,8-9,11-12,14-17,19-21H2,1-3H3/t24?,27?,28-,32?/m1/s1. The van der Waals surface area contributed by atoms with E-state index in [1.165, 1.54) is 5.56 Å². The van der Waals surface area contributed by atoms with Gasteiger partial charge in [-0.3, -0.25) is 14.5 Å². The third-order valence-corrected chi connectivity index (χ3v) is 9.76. The molecule has 3 aliphatic rings. The van der Waals surface area contributed by atoms with Crippen molar-refractivity contribution in [2.75, 3.05) is 49.5 Å². The molecule has 1 aliphatic heterocycles. The summed E-state index contributed by atoms with van der Waals surface area (Å²) < 4.78 is 0. The number of ketones is 2. The number of phenols is 1. The minimum Gasteiger partial charge on any atom is -0.508 e. The molecule has 1 aromatic heterocycles. The summed E-state index contributed by atoms with van der Waals surface area (Å²) in [6.45, 7) is 11.1. The smallest absolute Gasteiger partial charge is 0.152 e. The highest BCUT2D eigenvalue weighted by atomic mass is 16.3. The van der Waals surface area contributed by atoms with Crippen molar-refractivity contribution in [1.29, 1.82) is 0 Å². The highest BCUT2D eigenvalue weighted by Crippen LogP contribution is 2.57. The monoisotopic (exact) mass is 532 g/mol. The molecule has 5 rings (SSSR count). The Bertz CT molecular complexity index is 1190. The van der Waals surface area contributed by atoms with Crippen molar-refractivity contribution in [2.24, 2.45) is 23.2 Å². The quantitative estimate of drug-likeness (QED) is 0.477. The van der Waals surface area contributed by atoms with Gasteiger partial charge in [0.2, 0.25) is 0 Å². The van der Waals surface area contributed by atoms with Crippen LogP contribution in [0.15, 0.2) is 36.5 Å². The number of carbonyl (C=O) groups excluding carboxylic acids is 2. The third-order valence-electron chi connectivity index (χ3n) is 9.76. The third kappa shape index (κ3) is 5.84. The van der Waals surface area contributed by atoms with Gasteiger partial charge in [-0.25, -0.2) is 4.98 Å². The summed E-state index contributed by atoms with van der Waals surface area (Å²) in [7, 11) is 0. The molecule has 3 unspecified atom stereocenters. The number of pyridine rings is 1. The first-order valence-electron chi connectivity index (χ1n) is 14.8. The fraction of sp³-hybridized carbons (Fsp3) is 0.594. The van der Waals surface area contributed by atoms with Crippen molar-refractivity contribution in [2.45, 2.75) is 59.3 Å². The molecule has 2 aromatic rings. The number of hydrogen-bond acceptors (Lipinski definition) is 7. The van der Waals surface area contributed by atoms with Crippen LogP contribution in [-0.2, 0) is 16.0 Å². The van der Waals surface area contributed by atoms with Crippen LogP contribution >= 0.6 is 0 Å². The van der Waals surface area contributed by atoms with E-state index in [0.717, 1.165) is 75.5 Å². The predicted molar refractivity (Wildman–Crippen MR) is 155 cm³/mol. The summed E-state index contributed by atoms with van der Waals surface area (Å²) >= 11 is 0. The van der Waals surface area contributed by atoms with Crippen LogP contribution in [-0.4, -0.2) is 65.8 Å². The summed E-state index contributed by atoms with van der Waals surface area (Å²) in [6.07, 6.45) is 6.73. The van der Waals surface area contributed by atoms with E-state index in [1.807, 2.05) is 24.4 Å². The number of nitrogens with one attached hydrogen (secondary N) is 1. The maximum atomic E-state index is 13.7. The largest absolute Gasteiger partial charge is 0.508 e. The zero-order chi connectivity index (χ0) is 27.6. The molecule has 0 spiro atoms. The maximum Gasteiger partial charge on any atom is 0.152 e. The van der Waals surface area contributed by atoms with Crippen LogP contribution in [0.2, 0.25) is 0 Å². The van der Waals surface area contributed by atoms with Crippen LogP contribution in [0, 0.1) is 30.1 Å². The first kappa shape index (κ1) is 27.6. The van der Waals surface area contributed by atoms with E-state index in [9.17, 15) is 14.7 Å². The van der Waals surface area contributed by atoms with Crippen molar-refractivity contribution < 1.29 is 14.7 Å². The molecule has 2 saturated carbocycles. The number of aromatic nitrogens is 1. The lowest BCUT2D eigenvalue weighted by molar-refractivity contribution is -0.135. The first-order chi connectivity index (χ1) is 18.8. The lowest BCUT2D eigenvalue weighted by atomic mass is 9.59. The van der Waals surface area contributed by atoms with Gasteiger partial charge in [0.25, 0.3) is 0 Å². The van der Waals surface area contributed by atoms with Crippen LogP contribution in [0.3, 0.4) is 0 Å². The summed E-state index contributed by atoms with van der Waals surface area (Å²) in [5.41, 5.74) is 3.16. The molecular weight excluding hydrogens is 488 g/mol. The van der Waals surface area contributed by atoms with Gasteiger partial charge in [0.15, 0.2) is 5.82 Å². The predicted octanol–water partition coefficient (Wildman–Crippen LogP) is 4.86. The van der Waals surface area contributed by atoms with Crippen molar-refractivity contribution >= 4 is 23.1 Å². The normalized spacial score (nSPS) is 27.4. The van der Waals surface area contributed by atoms with Gasteiger partial charge in [0, 0.05) is 57.7 Å². The second-order valence-corrected chi connectivity index (χ2v) is 12.2. The number of nitrogens with zero attached hydrogens (tertiary/aromatic N) is 3. The lowest BCUT2D eigenvalue weighted by Crippen LogP contribution is -2.50. The van der Waals surface area contributed by atoms with Crippen LogP contribution in [0.5, 0.6) is 5.75 Å². The molecular formula is C32H44N4O3. The van der Waals surface area contributed by atoms with E-state index in [-0.39, 0.29) is 11.3 Å². The summed E-state index contributed by atoms with van der Waals surface area (Å²) in [6, 6.07) is 9.58. The van der Waals surface area contributed by atoms with Gasteiger partial charge in [-0.1, -0.05) is 13.0 Å². The molecule has 2 heterocycles. The van der Waals surface area contributed by atoms with Crippen molar-refractivity contribution in [3.8, 4) is 5.75 Å². The molecule has 0 amide bonds. The molecule has 1 aromatic carbocycles. The molecule has 0 bridgehead atoms. The summed E-state index contributed by atoms with van der Waals surface area (Å²) in [5.74, 6) is 2.60. The Morgan fingerprint density at radius 2 is 1.97 bits per heavy atom. The summed E-state index contributed by atoms with van der Waals surface area (Å²) in [4.78, 5) is 35.9. The maximum absolute atomic E-state index is 13.7. The topological polar surface area (TPSA) is 85.8 Å². The van der Waals surface area contributed by atoms with E-state index in [4.69, 9.17) is 0 Å². The number of carbonyl (C=O) groups is 2. The number of hydrogen-bond donors (Lipinski definition) is 2.